The average molecular weight is 346 g/mol. The molecule has 0 amide bonds. The second-order valence-electron chi connectivity index (χ2n) is 5.65. The monoisotopic (exact) mass is 345 g/mol. The van der Waals surface area contributed by atoms with Crippen LogP contribution in [0.5, 0.6) is 0 Å². The second-order valence-corrected chi connectivity index (χ2v) is 5.65. The lowest BCUT2D eigenvalue weighted by Crippen LogP contribution is -2.44. The molecule has 24 heavy (non-hydrogen) atoms. The SMILES string of the molecule is CCc1nc(-c2cc3ccccc3nc2N2CCNCC2)no1.Cl. The molecule has 0 bridgehead atoms. The lowest BCUT2D eigenvalue weighted by molar-refractivity contribution is 0.383. The van der Waals surface area contributed by atoms with Crippen molar-refractivity contribution in [3.63, 3.8) is 0 Å². The van der Waals surface area contributed by atoms with E-state index in [-0.39, 0.29) is 12.4 Å². The molecule has 0 spiro atoms. The quantitative estimate of drug-likeness (QED) is 0.787. The molecule has 1 fully saturated rings. The zero-order valence-corrected chi connectivity index (χ0v) is 14.3. The molecular formula is C17H20ClN5O. The third-order valence-corrected chi connectivity index (χ3v) is 4.13. The molecule has 0 unspecified atom stereocenters. The fraction of sp³-hybridized carbons (Fsp3) is 0.353. The van der Waals surface area contributed by atoms with Crippen molar-refractivity contribution >= 4 is 29.1 Å². The molecule has 1 aromatic carbocycles. The van der Waals surface area contributed by atoms with Crippen molar-refractivity contribution < 1.29 is 4.52 Å². The van der Waals surface area contributed by atoms with E-state index in [0.29, 0.717) is 11.7 Å². The molecule has 1 aliphatic rings. The number of nitrogens with one attached hydrogen (secondary N) is 1. The van der Waals surface area contributed by atoms with Crippen molar-refractivity contribution in [2.45, 2.75) is 13.3 Å². The van der Waals surface area contributed by atoms with Crippen molar-refractivity contribution in [1.29, 1.82) is 0 Å². The number of hydrogen-bond donors (Lipinski definition) is 1. The van der Waals surface area contributed by atoms with Gasteiger partial charge in [0.2, 0.25) is 11.7 Å². The Hall–Kier alpha value is -2.18. The van der Waals surface area contributed by atoms with Crippen LogP contribution in [-0.2, 0) is 6.42 Å². The van der Waals surface area contributed by atoms with E-state index in [1.807, 2.05) is 25.1 Å². The number of rotatable bonds is 3. The maximum atomic E-state index is 5.30. The maximum absolute atomic E-state index is 5.30. The van der Waals surface area contributed by atoms with E-state index < -0.39 is 0 Å². The van der Waals surface area contributed by atoms with Gasteiger partial charge in [-0.3, -0.25) is 0 Å². The van der Waals surface area contributed by atoms with E-state index >= 15 is 0 Å². The van der Waals surface area contributed by atoms with Gasteiger partial charge in [0.25, 0.3) is 0 Å². The van der Waals surface area contributed by atoms with Crippen LogP contribution in [0.3, 0.4) is 0 Å². The second kappa shape index (κ2) is 7.15. The molecule has 0 aliphatic carbocycles. The molecule has 7 heteroatoms. The molecule has 3 heterocycles. The summed E-state index contributed by atoms with van der Waals surface area (Å²) in [5, 5.41) is 8.61. The molecule has 126 valence electrons. The molecule has 0 atom stereocenters. The van der Waals surface area contributed by atoms with E-state index in [1.54, 1.807) is 0 Å². The zero-order valence-electron chi connectivity index (χ0n) is 13.5. The molecule has 1 aliphatic heterocycles. The van der Waals surface area contributed by atoms with Crippen LogP contribution in [0, 0.1) is 0 Å². The summed E-state index contributed by atoms with van der Waals surface area (Å²) in [6.07, 6.45) is 0.733. The lowest BCUT2D eigenvalue weighted by atomic mass is 10.1. The molecule has 1 saturated heterocycles. The van der Waals surface area contributed by atoms with Gasteiger partial charge in [-0.25, -0.2) is 4.98 Å². The van der Waals surface area contributed by atoms with Gasteiger partial charge in [-0.15, -0.1) is 12.4 Å². The summed E-state index contributed by atoms with van der Waals surface area (Å²) >= 11 is 0. The highest BCUT2D eigenvalue weighted by Gasteiger charge is 2.20. The smallest absolute Gasteiger partial charge is 0.226 e. The van der Waals surface area contributed by atoms with Crippen LogP contribution < -0.4 is 10.2 Å². The Balaban J connectivity index is 0.00000169. The van der Waals surface area contributed by atoms with Crippen molar-refractivity contribution in [3.8, 4) is 11.4 Å². The maximum Gasteiger partial charge on any atom is 0.226 e. The van der Waals surface area contributed by atoms with Gasteiger partial charge in [-0.2, -0.15) is 4.98 Å². The van der Waals surface area contributed by atoms with E-state index in [0.717, 1.165) is 54.9 Å². The molecule has 6 nitrogen and oxygen atoms in total. The van der Waals surface area contributed by atoms with Gasteiger partial charge in [0, 0.05) is 38.0 Å². The minimum atomic E-state index is 0. The van der Waals surface area contributed by atoms with Gasteiger partial charge in [0.15, 0.2) is 0 Å². The van der Waals surface area contributed by atoms with E-state index in [1.165, 1.54) is 0 Å². The third kappa shape index (κ3) is 3.07. The van der Waals surface area contributed by atoms with Gasteiger partial charge >= 0.3 is 0 Å². The molecule has 4 rings (SSSR count). The molecular weight excluding hydrogens is 326 g/mol. The number of benzene rings is 1. The van der Waals surface area contributed by atoms with Gasteiger partial charge in [-0.1, -0.05) is 30.3 Å². The Bertz CT molecular complexity index is 829. The number of halogens is 1. The van der Waals surface area contributed by atoms with Gasteiger partial charge in [0.05, 0.1) is 11.1 Å². The van der Waals surface area contributed by atoms with Crippen LogP contribution in [0.2, 0.25) is 0 Å². The van der Waals surface area contributed by atoms with Crippen LogP contribution in [0.4, 0.5) is 5.82 Å². The van der Waals surface area contributed by atoms with Crippen LogP contribution >= 0.6 is 12.4 Å². The van der Waals surface area contributed by atoms with Crippen LogP contribution in [0.1, 0.15) is 12.8 Å². The number of aryl methyl sites for hydroxylation is 1. The minimum Gasteiger partial charge on any atom is -0.353 e. The number of pyridine rings is 1. The highest BCUT2D eigenvalue weighted by Crippen LogP contribution is 2.31. The molecule has 3 aromatic rings. The Kier molecular flexibility index (Phi) is 4.97. The largest absolute Gasteiger partial charge is 0.353 e. The number of anilines is 1. The predicted molar refractivity (Wildman–Crippen MR) is 96.7 cm³/mol. The molecule has 1 N–H and O–H groups in total. The fourth-order valence-corrected chi connectivity index (χ4v) is 2.90. The van der Waals surface area contributed by atoms with Crippen LogP contribution in [0.25, 0.3) is 22.3 Å². The summed E-state index contributed by atoms with van der Waals surface area (Å²) in [6, 6.07) is 10.3. The number of fused-ring (bicyclic) bond motifs is 1. The summed E-state index contributed by atoms with van der Waals surface area (Å²) in [7, 11) is 0. The lowest BCUT2D eigenvalue weighted by Gasteiger charge is -2.29. The van der Waals surface area contributed by atoms with Gasteiger partial charge in [-0.05, 0) is 12.1 Å². The number of piperazine rings is 1. The Labute approximate surface area is 146 Å². The summed E-state index contributed by atoms with van der Waals surface area (Å²) in [4.78, 5) is 11.7. The number of nitrogens with zero attached hydrogens (tertiary/aromatic N) is 4. The van der Waals surface area contributed by atoms with Crippen molar-refractivity contribution in [2.24, 2.45) is 0 Å². The normalized spacial score (nSPS) is 14.6. The fourth-order valence-electron chi connectivity index (χ4n) is 2.90. The standard InChI is InChI=1S/C17H19N5O.ClH/c1-2-15-20-16(21-23-15)13-11-12-5-3-4-6-14(12)19-17(13)22-9-7-18-8-10-22;/h3-6,11,18H,2,7-10H2,1H3;1H. The Morgan fingerprint density at radius 3 is 2.71 bits per heavy atom. The van der Waals surface area contributed by atoms with Crippen LogP contribution in [0.15, 0.2) is 34.9 Å². The number of para-hydroxylation sites is 1. The van der Waals surface area contributed by atoms with E-state index in [4.69, 9.17) is 9.51 Å². The number of aromatic nitrogens is 3. The molecule has 2 aromatic heterocycles. The minimum absolute atomic E-state index is 0. The van der Waals surface area contributed by atoms with Gasteiger partial charge in [0.1, 0.15) is 5.82 Å². The summed E-state index contributed by atoms with van der Waals surface area (Å²) < 4.78 is 5.30. The first-order valence-electron chi connectivity index (χ1n) is 8.03. The van der Waals surface area contributed by atoms with Crippen molar-refractivity contribution in [2.75, 3.05) is 31.1 Å². The van der Waals surface area contributed by atoms with E-state index in [9.17, 15) is 0 Å². The summed E-state index contributed by atoms with van der Waals surface area (Å²) in [6.45, 7) is 5.78. The molecule has 0 saturated carbocycles. The topological polar surface area (TPSA) is 67.1 Å². The third-order valence-electron chi connectivity index (χ3n) is 4.13. The predicted octanol–water partition coefficient (Wildman–Crippen LogP) is 2.68. The summed E-state index contributed by atoms with van der Waals surface area (Å²) in [5.41, 5.74) is 1.93. The average Bonchev–Trinajstić information content (AvgIpc) is 3.10. The summed E-state index contributed by atoms with van der Waals surface area (Å²) in [5.74, 6) is 2.21. The first-order chi connectivity index (χ1) is 11.3. The zero-order chi connectivity index (χ0) is 15.6. The Morgan fingerprint density at radius 1 is 1.17 bits per heavy atom. The first-order valence-corrected chi connectivity index (χ1v) is 8.03. The van der Waals surface area contributed by atoms with Crippen molar-refractivity contribution in [3.05, 3.63) is 36.2 Å². The Morgan fingerprint density at radius 2 is 1.96 bits per heavy atom. The number of hydrogen-bond acceptors (Lipinski definition) is 6. The van der Waals surface area contributed by atoms with E-state index in [2.05, 4.69) is 32.5 Å². The van der Waals surface area contributed by atoms with Crippen LogP contribution in [-0.4, -0.2) is 41.3 Å². The highest BCUT2D eigenvalue weighted by molar-refractivity contribution is 5.88. The first kappa shape index (κ1) is 16.7. The van der Waals surface area contributed by atoms with Crippen molar-refractivity contribution in [1.82, 2.24) is 20.4 Å². The van der Waals surface area contributed by atoms with Gasteiger partial charge < -0.3 is 14.7 Å². The molecule has 0 radical (unpaired) electrons. The highest BCUT2D eigenvalue weighted by atomic mass is 35.5.